The van der Waals surface area contributed by atoms with E-state index < -0.39 is 12.5 Å². The maximum atomic E-state index is 12.0. The highest BCUT2D eigenvalue weighted by atomic mass is 35.5. The Balaban J connectivity index is 3.05. The molecule has 0 radical (unpaired) electrons. The van der Waals surface area contributed by atoms with Crippen LogP contribution in [-0.4, -0.2) is 12.5 Å². The van der Waals surface area contributed by atoms with Gasteiger partial charge in [-0.1, -0.05) is 17.7 Å². The molecule has 94 valence electrons. The van der Waals surface area contributed by atoms with Crippen LogP contribution in [0, 0.1) is 11.3 Å². The number of primary amides is 1. The zero-order chi connectivity index (χ0) is 13.7. The molecule has 2 N–H and O–H groups in total. The van der Waals surface area contributed by atoms with E-state index in [0.29, 0.717) is 5.56 Å². The molecule has 0 aliphatic heterocycles. The van der Waals surface area contributed by atoms with Crippen molar-refractivity contribution in [2.75, 3.05) is 0 Å². The predicted molar refractivity (Wildman–Crippen MR) is 60.9 cm³/mol. The Kier molecular flexibility index (Phi) is 4.63. The molecule has 4 nitrogen and oxygen atoms in total. The van der Waals surface area contributed by atoms with Crippen molar-refractivity contribution in [3.05, 3.63) is 34.4 Å². The predicted octanol–water partition coefficient (Wildman–Crippen LogP) is 2.33. The first-order chi connectivity index (χ1) is 8.43. The highest BCUT2D eigenvalue weighted by molar-refractivity contribution is 6.32. The van der Waals surface area contributed by atoms with Gasteiger partial charge >= 0.3 is 6.61 Å². The Bertz CT molecular complexity index is 538. The number of hydrogen-bond donors (Lipinski definition) is 1. The highest BCUT2D eigenvalue weighted by Crippen LogP contribution is 2.27. The number of hydrogen-bond acceptors (Lipinski definition) is 3. The second kappa shape index (κ2) is 5.98. The van der Waals surface area contributed by atoms with Gasteiger partial charge in [0.2, 0.25) is 0 Å². The fourth-order valence-electron chi connectivity index (χ4n) is 1.12. The van der Waals surface area contributed by atoms with Gasteiger partial charge in [-0.05, 0) is 23.8 Å². The number of nitriles is 1. The molecular formula is C11H7ClF2N2O2. The molecule has 0 unspecified atom stereocenters. The normalized spacial score (nSPS) is 11.2. The van der Waals surface area contributed by atoms with Crippen molar-refractivity contribution in [1.82, 2.24) is 0 Å². The van der Waals surface area contributed by atoms with Crippen molar-refractivity contribution < 1.29 is 18.3 Å². The topological polar surface area (TPSA) is 76.1 Å². The Morgan fingerprint density at radius 3 is 2.67 bits per heavy atom. The molecule has 0 spiro atoms. The van der Waals surface area contributed by atoms with E-state index in [4.69, 9.17) is 22.6 Å². The Hall–Kier alpha value is -2.13. The van der Waals surface area contributed by atoms with Crippen molar-refractivity contribution in [3.8, 4) is 11.8 Å². The molecule has 0 aliphatic carbocycles. The SMILES string of the molecule is N#CC(=Cc1ccc(OC(F)F)c(Cl)c1)C(N)=O. The number of carbonyl (C=O) groups excluding carboxylic acids is 1. The number of benzene rings is 1. The second-order valence-electron chi connectivity index (χ2n) is 3.10. The van der Waals surface area contributed by atoms with Crippen LogP contribution in [0.3, 0.4) is 0 Å². The van der Waals surface area contributed by atoms with E-state index in [2.05, 4.69) is 4.74 Å². The lowest BCUT2D eigenvalue weighted by molar-refractivity contribution is -0.114. The van der Waals surface area contributed by atoms with Gasteiger partial charge in [-0.2, -0.15) is 14.0 Å². The fourth-order valence-corrected chi connectivity index (χ4v) is 1.36. The van der Waals surface area contributed by atoms with Crippen LogP contribution in [0.15, 0.2) is 23.8 Å². The molecule has 0 fully saturated rings. The molecular weight excluding hydrogens is 266 g/mol. The number of rotatable bonds is 4. The number of nitrogens with two attached hydrogens (primary N) is 1. The first-order valence-electron chi connectivity index (χ1n) is 4.60. The molecule has 0 aliphatic rings. The average molecular weight is 273 g/mol. The zero-order valence-corrected chi connectivity index (χ0v) is 9.62. The third kappa shape index (κ3) is 3.71. The molecule has 1 aromatic carbocycles. The van der Waals surface area contributed by atoms with Gasteiger partial charge in [-0.25, -0.2) is 0 Å². The molecule has 7 heteroatoms. The van der Waals surface area contributed by atoms with E-state index >= 15 is 0 Å². The van der Waals surface area contributed by atoms with Crippen molar-refractivity contribution in [2.45, 2.75) is 6.61 Å². The van der Waals surface area contributed by atoms with Crippen LogP contribution >= 0.6 is 11.6 Å². The molecule has 0 atom stereocenters. The monoisotopic (exact) mass is 272 g/mol. The first-order valence-corrected chi connectivity index (χ1v) is 4.97. The van der Waals surface area contributed by atoms with E-state index in [0.717, 1.165) is 0 Å². The summed E-state index contributed by atoms with van der Waals surface area (Å²) in [7, 11) is 0. The van der Waals surface area contributed by atoms with Gasteiger partial charge in [-0.15, -0.1) is 0 Å². The van der Waals surface area contributed by atoms with Crippen LogP contribution in [0.2, 0.25) is 5.02 Å². The minimum atomic E-state index is -2.98. The highest BCUT2D eigenvalue weighted by Gasteiger charge is 2.09. The Morgan fingerprint density at radius 1 is 1.56 bits per heavy atom. The third-order valence-corrected chi connectivity index (χ3v) is 2.16. The van der Waals surface area contributed by atoms with Gasteiger partial charge in [0.15, 0.2) is 0 Å². The number of carbonyl (C=O) groups is 1. The van der Waals surface area contributed by atoms with Gasteiger partial charge in [-0.3, -0.25) is 4.79 Å². The Morgan fingerprint density at radius 2 is 2.22 bits per heavy atom. The smallest absolute Gasteiger partial charge is 0.387 e. The van der Waals surface area contributed by atoms with Crippen LogP contribution < -0.4 is 10.5 Å². The quantitative estimate of drug-likeness (QED) is 0.675. The fraction of sp³-hybridized carbons (Fsp3) is 0.0909. The minimum Gasteiger partial charge on any atom is -0.433 e. The molecule has 1 amide bonds. The van der Waals surface area contributed by atoms with Gasteiger partial charge in [0.25, 0.3) is 5.91 Å². The summed E-state index contributed by atoms with van der Waals surface area (Å²) in [6.07, 6.45) is 1.19. The molecule has 0 saturated heterocycles. The summed E-state index contributed by atoms with van der Waals surface area (Å²) in [6.45, 7) is -2.98. The first kappa shape index (κ1) is 13.9. The Labute approximate surface area is 106 Å². The number of ether oxygens (including phenoxy) is 1. The molecule has 1 aromatic rings. The summed E-state index contributed by atoms with van der Waals surface area (Å²) < 4.78 is 28.1. The summed E-state index contributed by atoms with van der Waals surface area (Å²) in [5.41, 5.74) is 5.04. The van der Waals surface area contributed by atoms with Crippen LogP contribution in [0.25, 0.3) is 6.08 Å². The maximum Gasteiger partial charge on any atom is 0.387 e. The number of nitrogens with zero attached hydrogens (tertiary/aromatic N) is 1. The number of alkyl halides is 2. The standard InChI is InChI=1S/C11H7ClF2N2O2/c12-8-4-6(3-7(5-15)10(16)17)1-2-9(8)18-11(13)14/h1-4,11H,(H2,16,17). The van der Waals surface area contributed by atoms with E-state index in [1.54, 1.807) is 6.07 Å². The molecule has 0 saturated carbocycles. The lowest BCUT2D eigenvalue weighted by Crippen LogP contribution is -2.12. The van der Waals surface area contributed by atoms with Gasteiger partial charge in [0, 0.05) is 0 Å². The van der Waals surface area contributed by atoms with Gasteiger partial charge in [0.1, 0.15) is 17.4 Å². The lowest BCUT2D eigenvalue weighted by Gasteiger charge is -2.06. The summed E-state index contributed by atoms with van der Waals surface area (Å²) in [4.78, 5) is 10.8. The van der Waals surface area contributed by atoms with E-state index in [1.165, 1.54) is 24.3 Å². The van der Waals surface area contributed by atoms with Crippen molar-refractivity contribution in [1.29, 1.82) is 5.26 Å². The second-order valence-corrected chi connectivity index (χ2v) is 3.51. The molecule has 0 aromatic heterocycles. The van der Waals surface area contributed by atoms with Crippen molar-refractivity contribution >= 4 is 23.6 Å². The van der Waals surface area contributed by atoms with Crippen LogP contribution in [0.1, 0.15) is 5.56 Å². The maximum absolute atomic E-state index is 12.0. The number of halogens is 3. The van der Waals surface area contributed by atoms with Crippen molar-refractivity contribution in [3.63, 3.8) is 0 Å². The summed E-state index contributed by atoms with van der Waals surface area (Å²) in [5.74, 6) is -1.08. The van der Waals surface area contributed by atoms with E-state index in [-0.39, 0.29) is 16.3 Å². The largest absolute Gasteiger partial charge is 0.433 e. The molecule has 0 bridgehead atoms. The van der Waals surface area contributed by atoms with Crippen LogP contribution in [0.5, 0.6) is 5.75 Å². The third-order valence-electron chi connectivity index (χ3n) is 1.87. The summed E-state index contributed by atoms with van der Waals surface area (Å²) in [6, 6.07) is 5.46. The van der Waals surface area contributed by atoms with E-state index in [1.807, 2.05) is 0 Å². The molecule has 0 heterocycles. The number of amides is 1. The van der Waals surface area contributed by atoms with Crippen LogP contribution in [-0.2, 0) is 4.79 Å². The minimum absolute atomic E-state index is 0.0641. The van der Waals surface area contributed by atoms with Crippen LogP contribution in [0.4, 0.5) is 8.78 Å². The van der Waals surface area contributed by atoms with Crippen molar-refractivity contribution in [2.24, 2.45) is 5.73 Å². The van der Waals surface area contributed by atoms with Gasteiger partial charge in [0.05, 0.1) is 5.02 Å². The summed E-state index contributed by atoms with van der Waals surface area (Å²) in [5, 5.41) is 8.56. The average Bonchev–Trinajstić information content (AvgIpc) is 2.28. The molecule has 18 heavy (non-hydrogen) atoms. The zero-order valence-electron chi connectivity index (χ0n) is 8.86. The van der Waals surface area contributed by atoms with E-state index in [9.17, 15) is 13.6 Å². The van der Waals surface area contributed by atoms with Gasteiger partial charge < -0.3 is 10.5 Å². The summed E-state index contributed by atoms with van der Waals surface area (Å²) >= 11 is 5.69. The molecule has 1 rings (SSSR count). The lowest BCUT2D eigenvalue weighted by atomic mass is 10.1.